The minimum atomic E-state index is -0.884. The second-order valence-corrected chi connectivity index (χ2v) is 10.1. The van der Waals surface area contributed by atoms with E-state index in [1.165, 1.54) is 12.0 Å². The van der Waals surface area contributed by atoms with E-state index < -0.39 is 24.1 Å². The summed E-state index contributed by atoms with van der Waals surface area (Å²) in [6.07, 6.45) is 0.146. The van der Waals surface area contributed by atoms with Crippen LogP contribution in [-0.4, -0.2) is 55.2 Å². The summed E-state index contributed by atoms with van der Waals surface area (Å²) in [5, 5.41) is 2.80. The van der Waals surface area contributed by atoms with E-state index in [0.717, 1.165) is 27.8 Å². The zero-order valence-corrected chi connectivity index (χ0v) is 21.6. The van der Waals surface area contributed by atoms with Crippen LogP contribution in [0.1, 0.15) is 36.0 Å². The number of nitrogens with zero attached hydrogens (tertiary/aromatic N) is 1. The first-order valence-electron chi connectivity index (χ1n) is 13.0. The zero-order valence-electron chi connectivity index (χ0n) is 21.6. The number of hydrogen-bond donors (Lipinski definition) is 1. The Kier molecular flexibility index (Phi) is 7.45. The van der Waals surface area contributed by atoms with Gasteiger partial charge < -0.3 is 19.7 Å². The first-order valence-corrected chi connectivity index (χ1v) is 13.0. The molecule has 1 N–H and O–H groups in total. The van der Waals surface area contributed by atoms with Gasteiger partial charge in [0, 0.05) is 18.9 Å². The van der Waals surface area contributed by atoms with E-state index in [9.17, 15) is 14.4 Å². The van der Waals surface area contributed by atoms with Gasteiger partial charge in [-0.15, -0.1) is 0 Å². The Labute approximate surface area is 222 Å². The van der Waals surface area contributed by atoms with Gasteiger partial charge in [-0.05, 0) is 40.2 Å². The highest BCUT2D eigenvalue weighted by molar-refractivity contribution is 5.90. The molecule has 1 heterocycles. The summed E-state index contributed by atoms with van der Waals surface area (Å²) in [5.41, 5.74) is 5.42. The van der Waals surface area contributed by atoms with Crippen LogP contribution in [0, 0.1) is 5.92 Å². The molecule has 0 radical (unpaired) electrons. The van der Waals surface area contributed by atoms with Gasteiger partial charge in [-0.25, -0.2) is 9.59 Å². The Hall–Kier alpha value is -4.13. The molecule has 1 fully saturated rings. The van der Waals surface area contributed by atoms with Crippen LogP contribution in [0.2, 0.25) is 0 Å². The average Bonchev–Trinajstić information content (AvgIpc) is 3.49. The molecule has 1 aliphatic carbocycles. The molecule has 38 heavy (non-hydrogen) atoms. The number of carbonyl (C=O) groups excluding carboxylic acids is 3. The van der Waals surface area contributed by atoms with Crippen LogP contribution in [0.4, 0.5) is 4.79 Å². The van der Waals surface area contributed by atoms with Gasteiger partial charge >= 0.3 is 12.1 Å². The van der Waals surface area contributed by atoms with Crippen LogP contribution in [0.5, 0.6) is 0 Å². The van der Waals surface area contributed by atoms with Crippen LogP contribution in [0.25, 0.3) is 11.1 Å². The number of alkyl carbamates (subject to hydrolysis) is 1. The lowest BCUT2D eigenvalue weighted by Gasteiger charge is -2.28. The van der Waals surface area contributed by atoms with E-state index in [1.807, 2.05) is 61.5 Å². The minimum absolute atomic E-state index is 0.0837. The summed E-state index contributed by atoms with van der Waals surface area (Å²) in [6.45, 7) is 2.57. The fourth-order valence-corrected chi connectivity index (χ4v) is 5.68. The number of hydrogen-bond acceptors (Lipinski definition) is 5. The second kappa shape index (κ2) is 11.1. The summed E-state index contributed by atoms with van der Waals surface area (Å²) in [5.74, 6) is -0.696. The Morgan fingerprint density at radius 2 is 1.53 bits per heavy atom. The number of fused-ring (bicyclic) bond motifs is 3. The highest BCUT2D eigenvalue weighted by Crippen LogP contribution is 2.44. The largest absolute Gasteiger partial charge is 0.467 e. The van der Waals surface area contributed by atoms with E-state index in [1.54, 1.807) is 0 Å². The van der Waals surface area contributed by atoms with Gasteiger partial charge in [0.25, 0.3) is 0 Å². The number of likely N-dealkylation sites (tertiary alicyclic amines) is 1. The number of nitrogens with one attached hydrogen (secondary N) is 1. The molecule has 2 aliphatic rings. The summed E-state index contributed by atoms with van der Waals surface area (Å²) in [4.78, 5) is 40.7. The molecule has 0 aromatic heterocycles. The van der Waals surface area contributed by atoms with Gasteiger partial charge in [-0.1, -0.05) is 85.8 Å². The summed E-state index contributed by atoms with van der Waals surface area (Å²) < 4.78 is 10.7. The van der Waals surface area contributed by atoms with Gasteiger partial charge in [0.2, 0.25) is 5.91 Å². The van der Waals surface area contributed by atoms with Crippen molar-refractivity contribution in [3.63, 3.8) is 0 Å². The normalized spacial score (nSPS) is 18.8. The Balaban J connectivity index is 1.32. The Morgan fingerprint density at radius 1 is 0.921 bits per heavy atom. The molecule has 1 unspecified atom stereocenters. The SMILES string of the molecule is COC(=O)[C@@H]1CC(C)CN1C(=O)[C@H](Cc1ccccc1)NC(=O)OCC1c2ccccc2-c2ccccc21. The fraction of sp³-hybridized carbons (Fsp3) is 0.323. The number of amides is 2. The average molecular weight is 513 g/mol. The van der Waals surface area contributed by atoms with Crippen molar-refractivity contribution in [1.29, 1.82) is 0 Å². The molecule has 196 valence electrons. The molecular weight excluding hydrogens is 480 g/mol. The lowest BCUT2D eigenvalue weighted by atomic mass is 9.98. The smallest absolute Gasteiger partial charge is 0.407 e. The second-order valence-electron chi connectivity index (χ2n) is 10.1. The van der Waals surface area contributed by atoms with E-state index in [4.69, 9.17) is 9.47 Å². The number of benzene rings is 3. The fourth-order valence-electron chi connectivity index (χ4n) is 5.68. The molecule has 1 saturated heterocycles. The van der Waals surface area contributed by atoms with Crippen molar-refractivity contribution < 1.29 is 23.9 Å². The maximum absolute atomic E-state index is 13.7. The third kappa shape index (κ3) is 5.14. The first kappa shape index (κ1) is 25.5. The maximum atomic E-state index is 13.7. The van der Waals surface area contributed by atoms with Gasteiger partial charge in [-0.3, -0.25) is 4.79 Å². The van der Waals surface area contributed by atoms with Gasteiger partial charge in [0.1, 0.15) is 18.7 Å². The maximum Gasteiger partial charge on any atom is 0.407 e. The minimum Gasteiger partial charge on any atom is -0.467 e. The molecule has 0 saturated carbocycles. The predicted octanol–water partition coefficient (Wildman–Crippen LogP) is 4.55. The molecule has 3 aromatic carbocycles. The standard InChI is InChI=1S/C31H32N2O5/c1-20-16-28(30(35)37-2)33(18-20)29(34)27(17-21-10-4-3-5-11-21)32-31(36)38-19-26-24-14-8-6-12-22(24)23-13-7-9-15-25(23)26/h3-15,20,26-28H,16-19H2,1-2H3,(H,32,36)/t20?,27-,28-/m0/s1. The van der Waals surface area contributed by atoms with Crippen LogP contribution < -0.4 is 5.32 Å². The van der Waals surface area contributed by atoms with E-state index in [2.05, 4.69) is 29.6 Å². The van der Waals surface area contributed by atoms with Crippen molar-refractivity contribution in [2.24, 2.45) is 5.92 Å². The number of esters is 1. The van der Waals surface area contributed by atoms with Crippen LogP contribution in [-0.2, 0) is 25.5 Å². The van der Waals surface area contributed by atoms with Crippen molar-refractivity contribution in [1.82, 2.24) is 10.2 Å². The molecular formula is C31H32N2O5. The monoisotopic (exact) mass is 512 g/mol. The summed E-state index contributed by atoms with van der Waals surface area (Å²) in [7, 11) is 1.32. The van der Waals surface area contributed by atoms with Gasteiger partial charge in [0.15, 0.2) is 0 Å². The van der Waals surface area contributed by atoms with Crippen LogP contribution in [0.3, 0.4) is 0 Å². The molecule has 3 aromatic rings. The highest BCUT2D eigenvalue weighted by Gasteiger charge is 2.41. The number of methoxy groups -OCH3 is 1. The first-order chi connectivity index (χ1) is 18.5. The molecule has 3 atom stereocenters. The zero-order chi connectivity index (χ0) is 26.6. The lowest BCUT2D eigenvalue weighted by Crippen LogP contribution is -2.53. The van der Waals surface area contributed by atoms with Crippen molar-refractivity contribution >= 4 is 18.0 Å². The lowest BCUT2D eigenvalue weighted by molar-refractivity contribution is -0.151. The Morgan fingerprint density at radius 3 is 2.16 bits per heavy atom. The third-order valence-corrected chi connectivity index (χ3v) is 7.48. The quantitative estimate of drug-likeness (QED) is 0.470. The van der Waals surface area contributed by atoms with E-state index in [0.29, 0.717) is 13.0 Å². The van der Waals surface area contributed by atoms with Crippen LogP contribution in [0.15, 0.2) is 78.9 Å². The number of rotatable bonds is 7. The van der Waals surface area contributed by atoms with Crippen molar-refractivity contribution in [2.45, 2.75) is 37.8 Å². The van der Waals surface area contributed by atoms with Crippen LogP contribution >= 0.6 is 0 Å². The summed E-state index contributed by atoms with van der Waals surface area (Å²) >= 11 is 0. The van der Waals surface area contributed by atoms with Crippen molar-refractivity contribution in [2.75, 3.05) is 20.3 Å². The third-order valence-electron chi connectivity index (χ3n) is 7.48. The molecule has 5 rings (SSSR count). The molecule has 1 aliphatic heterocycles. The number of ether oxygens (including phenoxy) is 2. The molecule has 7 nitrogen and oxygen atoms in total. The Bertz CT molecular complexity index is 1280. The highest BCUT2D eigenvalue weighted by atomic mass is 16.5. The summed E-state index contributed by atoms with van der Waals surface area (Å²) in [6, 6.07) is 24.2. The van der Waals surface area contributed by atoms with Gasteiger partial charge in [0.05, 0.1) is 7.11 Å². The van der Waals surface area contributed by atoms with E-state index >= 15 is 0 Å². The predicted molar refractivity (Wildman–Crippen MR) is 143 cm³/mol. The molecule has 7 heteroatoms. The van der Waals surface area contributed by atoms with Crippen molar-refractivity contribution in [3.8, 4) is 11.1 Å². The van der Waals surface area contributed by atoms with E-state index in [-0.39, 0.29) is 30.8 Å². The van der Waals surface area contributed by atoms with Crippen molar-refractivity contribution in [3.05, 3.63) is 95.6 Å². The number of carbonyl (C=O) groups is 3. The topological polar surface area (TPSA) is 84.9 Å². The van der Waals surface area contributed by atoms with Gasteiger partial charge in [-0.2, -0.15) is 0 Å². The molecule has 2 amide bonds. The molecule has 0 bridgehead atoms. The molecule has 0 spiro atoms.